The Morgan fingerprint density at radius 3 is 2.40 bits per heavy atom. The molecule has 7 heteroatoms. The number of aryl methyl sites for hydroxylation is 2. The van der Waals surface area contributed by atoms with Crippen LogP contribution in [-0.4, -0.2) is 32.3 Å². The third-order valence-corrected chi connectivity index (χ3v) is 7.86. The van der Waals surface area contributed by atoms with Gasteiger partial charge in [-0.05, 0) is 46.2 Å². The molecule has 0 aliphatic carbocycles. The first kappa shape index (κ1) is 27.3. The topological polar surface area (TPSA) is 79.7 Å². The number of thiazole rings is 1. The van der Waals surface area contributed by atoms with Crippen LogP contribution in [0.15, 0.2) is 90.2 Å². The van der Waals surface area contributed by atoms with Gasteiger partial charge in [0.15, 0.2) is 5.76 Å². The van der Waals surface area contributed by atoms with Crippen molar-refractivity contribution in [2.75, 3.05) is 0 Å². The number of ether oxygens (including phenoxy) is 1. The Morgan fingerprint density at radius 2 is 1.70 bits per heavy atom. The molecule has 40 heavy (non-hydrogen) atoms. The second kappa shape index (κ2) is 10.7. The molecule has 5 rings (SSSR count). The van der Waals surface area contributed by atoms with E-state index in [9.17, 15) is 14.7 Å². The molecule has 1 aliphatic heterocycles. The van der Waals surface area contributed by atoms with Crippen LogP contribution in [0.1, 0.15) is 58.9 Å². The van der Waals surface area contributed by atoms with Gasteiger partial charge < -0.3 is 14.7 Å². The average Bonchev–Trinajstić information content (AvgIpc) is 3.42. The summed E-state index contributed by atoms with van der Waals surface area (Å²) in [6.45, 7) is 9.79. The lowest BCUT2D eigenvalue weighted by Gasteiger charge is -2.29. The van der Waals surface area contributed by atoms with Crippen LogP contribution in [0, 0.1) is 13.8 Å². The number of Topliss-reactive ketones (excluding diaryl/α,β-unsaturated/α-hetero) is 1. The number of nitrogens with zero attached hydrogens (tertiary/aromatic N) is 2. The number of aliphatic hydroxyl groups is 1. The second-order valence-corrected chi connectivity index (χ2v) is 12.0. The predicted molar refractivity (Wildman–Crippen MR) is 158 cm³/mol. The van der Waals surface area contributed by atoms with Gasteiger partial charge in [0, 0.05) is 11.1 Å². The molecule has 0 spiro atoms. The summed E-state index contributed by atoms with van der Waals surface area (Å²) in [5.41, 5.74) is 3.61. The molecular formula is C33H32N2O4S. The molecule has 1 aliphatic rings. The van der Waals surface area contributed by atoms with Gasteiger partial charge in [0.1, 0.15) is 16.4 Å². The molecule has 0 saturated carbocycles. The number of amides is 1. The molecule has 0 bridgehead atoms. The molecule has 1 aromatic heterocycles. The highest BCUT2D eigenvalue weighted by atomic mass is 32.1. The Kier molecular flexibility index (Phi) is 7.34. The van der Waals surface area contributed by atoms with Gasteiger partial charge in [-0.15, -0.1) is 11.3 Å². The van der Waals surface area contributed by atoms with Gasteiger partial charge in [-0.1, -0.05) is 78.4 Å². The van der Waals surface area contributed by atoms with Crippen LogP contribution < -0.4 is 4.74 Å². The zero-order valence-corrected chi connectivity index (χ0v) is 24.1. The standard InChI is InChI=1S/C33H32N2O4S/c1-20-12-11-16-23(18-20)27-26(28(36)30-21(2)34-31(40-30)22-13-7-6-8-14-22)29(37)32(38)35(27)19-24-15-9-10-17-25(24)39-33(3,4)5/h6-18,27,37H,19H2,1-5H3. The van der Waals surface area contributed by atoms with Crippen LogP contribution in [-0.2, 0) is 11.3 Å². The molecule has 1 amide bonds. The molecule has 3 aromatic carbocycles. The van der Waals surface area contributed by atoms with Crippen molar-refractivity contribution in [1.29, 1.82) is 0 Å². The fourth-order valence-electron chi connectivity index (χ4n) is 4.92. The Hall–Kier alpha value is -4.23. The number of benzene rings is 3. The Labute approximate surface area is 238 Å². The minimum atomic E-state index is -0.774. The van der Waals surface area contributed by atoms with E-state index in [2.05, 4.69) is 4.98 Å². The monoisotopic (exact) mass is 552 g/mol. The lowest BCUT2D eigenvalue weighted by molar-refractivity contribution is -0.130. The molecule has 0 radical (unpaired) electrons. The summed E-state index contributed by atoms with van der Waals surface area (Å²) in [5.74, 6) is -0.863. The van der Waals surface area contributed by atoms with Crippen molar-refractivity contribution >= 4 is 23.0 Å². The van der Waals surface area contributed by atoms with Crippen molar-refractivity contribution in [1.82, 2.24) is 9.88 Å². The van der Waals surface area contributed by atoms with Gasteiger partial charge in [0.25, 0.3) is 5.91 Å². The van der Waals surface area contributed by atoms with E-state index in [0.717, 1.165) is 22.3 Å². The van der Waals surface area contributed by atoms with Gasteiger partial charge in [-0.2, -0.15) is 0 Å². The van der Waals surface area contributed by atoms with Crippen molar-refractivity contribution < 1.29 is 19.4 Å². The quantitative estimate of drug-likeness (QED) is 0.242. The predicted octanol–water partition coefficient (Wildman–Crippen LogP) is 7.38. The molecule has 4 aromatic rings. The summed E-state index contributed by atoms with van der Waals surface area (Å²) in [6.07, 6.45) is 0. The number of carbonyl (C=O) groups is 2. The average molecular weight is 553 g/mol. The number of ketones is 1. The molecule has 1 atom stereocenters. The molecule has 1 unspecified atom stereocenters. The SMILES string of the molecule is Cc1cccc(C2C(C(=O)c3sc(-c4ccccc4)nc3C)=C(O)C(=O)N2Cc2ccccc2OC(C)(C)C)c1. The Balaban J connectivity index is 1.58. The van der Waals surface area contributed by atoms with Crippen molar-refractivity contribution in [3.8, 4) is 16.3 Å². The van der Waals surface area contributed by atoms with Crippen molar-refractivity contribution in [3.05, 3.63) is 117 Å². The zero-order valence-electron chi connectivity index (χ0n) is 23.3. The van der Waals surface area contributed by atoms with E-state index in [1.807, 2.05) is 107 Å². The third-order valence-electron chi connectivity index (χ3n) is 6.66. The Morgan fingerprint density at radius 1 is 1.00 bits per heavy atom. The fraction of sp³-hybridized carbons (Fsp3) is 0.242. The summed E-state index contributed by atoms with van der Waals surface area (Å²) in [4.78, 5) is 34.4. The number of rotatable bonds is 7. The highest BCUT2D eigenvalue weighted by Gasteiger charge is 2.45. The maximum atomic E-state index is 14.1. The molecule has 1 N–H and O–H groups in total. The maximum absolute atomic E-state index is 14.1. The minimum absolute atomic E-state index is 0.0659. The van der Waals surface area contributed by atoms with Gasteiger partial charge in [-0.25, -0.2) is 4.98 Å². The van der Waals surface area contributed by atoms with Crippen molar-refractivity contribution in [3.63, 3.8) is 0 Å². The lowest BCUT2D eigenvalue weighted by Crippen LogP contribution is -2.31. The second-order valence-electron chi connectivity index (χ2n) is 11.0. The molecule has 6 nitrogen and oxygen atoms in total. The molecule has 204 valence electrons. The van der Waals surface area contributed by atoms with Crippen LogP contribution in [0.4, 0.5) is 0 Å². The molecule has 0 fully saturated rings. The van der Waals surface area contributed by atoms with Crippen molar-refractivity contribution in [2.24, 2.45) is 0 Å². The van der Waals surface area contributed by atoms with Gasteiger partial charge >= 0.3 is 0 Å². The number of para-hydroxylation sites is 1. The Bertz CT molecular complexity index is 1610. The molecular weight excluding hydrogens is 520 g/mol. The van der Waals surface area contributed by atoms with E-state index in [-0.39, 0.29) is 12.1 Å². The van der Waals surface area contributed by atoms with Crippen LogP contribution >= 0.6 is 11.3 Å². The largest absolute Gasteiger partial charge is 0.503 e. The van der Waals surface area contributed by atoms with Gasteiger partial charge in [-0.3, -0.25) is 9.59 Å². The molecule has 0 saturated heterocycles. The van der Waals surface area contributed by atoms with Gasteiger partial charge in [0.05, 0.1) is 28.7 Å². The number of carbonyl (C=O) groups excluding carboxylic acids is 2. The summed E-state index contributed by atoms with van der Waals surface area (Å²) < 4.78 is 6.18. The van der Waals surface area contributed by atoms with E-state index >= 15 is 0 Å². The van der Waals surface area contributed by atoms with E-state index in [1.54, 1.807) is 11.8 Å². The van der Waals surface area contributed by atoms with Crippen LogP contribution in [0.3, 0.4) is 0 Å². The number of hydrogen-bond acceptors (Lipinski definition) is 6. The van der Waals surface area contributed by atoms with Gasteiger partial charge in [0.2, 0.25) is 5.78 Å². The van der Waals surface area contributed by atoms with Crippen LogP contribution in [0.2, 0.25) is 0 Å². The van der Waals surface area contributed by atoms with Crippen LogP contribution in [0.5, 0.6) is 5.75 Å². The van der Waals surface area contributed by atoms with Crippen molar-refractivity contribution in [2.45, 2.75) is 52.8 Å². The summed E-state index contributed by atoms with van der Waals surface area (Å²) in [6, 6.07) is 24.1. The highest BCUT2D eigenvalue weighted by molar-refractivity contribution is 7.17. The lowest BCUT2D eigenvalue weighted by atomic mass is 9.94. The van der Waals surface area contributed by atoms with E-state index < -0.39 is 29.1 Å². The van der Waals surface area contributed by atoms with E-state index in [1.165, 1.54) is 11.3 Å². The van der Waals surface area contributed by atoms with Crippen LogP contribution in [0.25, 0.3) is 10.6 Å². The van der Waals surface area contributed by atoms with E-state index in [0.29, 0.717) is 21.3 Å². The smallest absolute Gasteiger partial charge is 0.290 e. The molecule has 2 heterocycles. The number of aromatic nitrogens is 1. The summed E-state index contributed by atoms with van der Waals surface area (Å²) >= 11 is 1.27. The van der Waals surface area contributed by atoms with E-state index in [4.69, 9.17) is 4.74 Å². The summed E-state index contributed by atoms with van der Waals surface area (Å²) in [7, 11) is 0. The highest BCUT2D eigenvalue weighted by Crippen LogP contribution is 2.42. The first-order valence-electron chi connectivity index (χ1n) is 13.2. The first-order chi connectivity index (χ1) is 19.0. The zero-order chi connectivity index (χ0) is 28.6. The normalized spacial score (nSPS) is 15.6. The maximum Gasteiger partial charge on any atom is 0.290 e. The number of hydrogen-bond donors (Lipinski definition) is 1. The summed E-state index contributed by atoms with van der Waals surface area (Å²) in [5, 5.41) is 11.9. The first-order valence-corrected chi connectivity index (χ1v) is 14.0. The third kappa shape index (κ3) is 5.42. The number of aliphatic hydroxyl groups excluding tert-OH is 1. The minimum Gasteiger partial charge on any atom is -0.503 e. The fourth-order valence-corrected chi connectivity index (χ4v) is 5.94.